The van der Waals surface area contributed by atoms with Gasteiger partial charge in [0.05, 0.1) is 24.7 Å². The normalized spacial score (nSPS) is 43.9. The fourth-order valence-corrected chi connectivity index (χ4v) is 1.61. The van der Waals surface area contributed by atoms with E-state index >= 15 is 0 Å². The van der Waals surface area contributed by atoms with Crippen LogP contribution < -0.4 is 0 Å². The molecular formula is C9H18O5. The second-order valence-electron chi connectivity index (χ2n) is 3.49. The lowest BCUT2D eigenvalue weighted by Crippen LogP contribution is -2.55. The van der Waals surface area contributed by atoms with Gasteiger partial charge in [-0.15, -0.1) is 0 Å². The largest absolute Gasteiger partial charge is 0.396 e. The summed E-state index contributed by atoms with van der Waals surface area (Å²) in [6.45, 7) is 3.64. The van der Waals surface area contributed by atoms with Gasteiger partial charge in [-0.1, -0.05) is 0 Å². The number of aliphatic hydroxyl groups is 3. The molecule has 0 amide bonds. The quantitative estimate of drug-likeness (QED) is 0.557. The van der Waals surface area contributed by atoms with Crippen molar-refractivity contribution >= 4 is 0 Å². The molecule has 1 saturated heterocycles. The van der Waals surface area contributed by atoms with Crippen LogP contribution in [0, 0.1) is 5.92 Å². The van der Waals surface area contributed by atoms with Gasteiger partial charge in [-0.2, -0.15) is 0 Å². The minimum absolute atomic E-state index is 0.268. The maximum Gasteiger partial charge on any atom is 0.165 e. The Kier molecular flexibility index (Phi) is 4.28. The average molecular weight is 206 g/mol. The van der Waals surface area contributed by atoms with E-state index in [2.05, 4.69) is 0 Å². The Hall–Kier alpha value is -0.200. The van der Waals surface area contributed by atoms with E-state index in [0.717, 1.165) is 0 Å². The molecule has 1 fully saturated rings. The van der Waals surface area contributed by atoms with E-state index in [9.17, 15) is 10.2 Å². The second-order valence-corrected chi connectivity index (χ2v) is 3.49. The summed E-state index contributed by atoms with van der Waals surface area (Å²) < 4.78 is 10.5. The molecule has 0 aromatic rings. The van der Waals surface area contributed by atoms with Gasteiger partial charge in [0.1, 0.15) is 6.10 Å². The molecular weight excluding hydrogens is 188 g/mol. The number of hydrogen-bond acceptors (Lipinski definition) is 5. The van der Waals surface area contributed by atoms with Crippen LogP contribution in [0.2, 0.25) is 0 Å². The van der Waals surface area contributed by atoms with Crippen molar-refractivity contribution < 1.29 is 24.8 Å². The van der Waals surface area contributed by atoms with Gasteiger partial charge in [0.15, 0.2) is 6.29 Å². The van der Waals surface area contributed by atoms with Crippen molar-refractivity contribution in [1.82, 2.24) is 0 Å². The summed E-state index contributed by atoms with van der Waals surface area (Å²) in [6.07, 6.45) is -3.09. The topological polar surface area (TPSA) is 79.2 Å². The minimum Gasteiger partial charge on any atom is -0.396 e. The zero-order valence-electron chi connectivity index (χ0n) is 8.46. The van der Waals surface area contributed by atoms with E-state index in [4.69, 9.17) is 14.6 Å². The smallest absolute Gasteiger partial charge is 0.165 e. The van der Waals surface area contributed by atoms with Crippen LogP contribution in [0.3, 0.4) is 0 Å². The van der Waals surface area contributed by atoms with Gasteiger partial charge in [-0.25, -0.2) is 0 Å². The van der Waals surface area contributed by atoms with Crippen LogP contribution in [0.15, 0.2) is 0 Å². The highest BCUT2D eigenvalue weighted by Crippen LogP contribution is 2.26. The van der Waals surface area contributed by atoms with E-state index in [0.29, 0.717) is 6.61 Å². The molecule has 5 nitrogen and oxygen atoms in total. The Labute approximate surface area is 83.3 Å². The Morgan fingerprint density at radius 2 is 1.93 bits per heavy atom. The molecule has 5 atom stereocenters. The van der Waals surface area contributed by atoms with E-state index in [1.54, 1.807) is 13.8 Å². The van der Waals surface area contributed by atoms with E-state index in [1.165, 1.54) is 0 Å². The average Bonchev–Trinajstić information content (AvgIpc) is 2.16. The van der Waals surface area contributed by atoms with Crippen LogP contribution in [-0.4, -0.2) is 53.1 Å². The predicted octanol–water partition coefficient (Wildman–Crippen LogP) is -0.902. The van der Waals surface area contributed by atoms with E-state index in [1.807, 2.05) is 0 Å². The molecule has 0 saturated carbocycles. The fraction of sp³-hybridized carbons (Fsp3) is 1.00. The fourth-order valence-electron chi connectivity index (χ4n) is 1.61. The molecule has 14 heavy (non-hydrogen) atoms. The molecule has 0 radical (unpaired) electrons. The second kappa shape index (κ2) is 5.04. The first-order chi connectivity index (χ1) is 6.61. The van der Waals surface area contributed by atoms with Crippen molar-refractivity contribution in [3.05, 3.63) is 0 Å². The molecule has 1 rings (SSSR count). The van der Waals surface area contributed by atoms with Gasteiger partial charge in [-0.3, -0.25) is 0 Å². The first-order valence-corrected chi connectivity index (χ1v) is 4.85. The van der Waals surface area contributed by atoms with Crippen LogP contribution in [0.5, 0.6) is 0 Å². The van der Waals surface area contributed by atoms with Gasteiger partial charge in [0.25, 0.3) is 0 Å². The summed E-state index contributed by atoms with van der Waals surface area (Å²) in [5, 5.41) is 28.2. The summed E-state index contributed by atoms with van der Waals surface area (Å²) in [7, 11) is 0. The molecule has 1 aliphatic heterocycles. The third-order valence-corrected chi connectivity index (χ3v) is 2.51. The molecule has 0 spiro atoms. The maximum atomic E-state index is 9.63. The molecule has 0 bridgehead atoms. The Bertz CT molecular complexity index is 175. The first-order valence-electron chi connectivity index (χ1n) is 4.85. The first kappa shape index (κ1) is 11.9. The summed E-state index contributed by atoms with van der Waals surface area (Å²) in [6, 6.07) is 0. The SMILES string of the molecule is CCOC1OC(C)C(O)C(O)C1CO. The van der Waals surface area contributed by atoms with Crippen molar-refractivity contribution in [1.29, 1.82) is 0 Å². The maximum absolute atomic E-state index is 9.63. The third-order valence-electron chi connectivity index (χ3n) is 2.51. The standard InChI is InChI=1S/C9H18O5/c1-3-13-9-6(4-10)8(12)7(11)5(2)14-9/h5-12H,3-4H2,1-2H3. The molecule has 0 aromatic heterocycles. The van der Waals surface area contributed by atoms with Crippen molar-refractivity contribution in [3.8, 4) is 0 Å². The number of ether oxygens (including phenoxy) is 2. The molecule has 1 aliphatic rings. The minimum atomic E-state index is -1.000. The highest BCUT2D eigenvalue weighted by atomic mass is 16.7. The van der Waals surface area contributed by atoms with Crippen molar-refractivity contribution in [2.45, 2.75) is 38.4 Å². The summed E-state index contributed by atoms with van der Waals surface area (Å²) in [5.74, 6) is -0.582. The van der Waals surface area contributed by atoms with E-state index in [-0.39, 0.29) is 6.61 Å². The molecule has 3 N–H and O–H groups in total. The molecule has 84 valence electrons. The molecule has 0 aliphatic carbocycles. The highest BCUT2D eigenvalue weighted by molar-refractivity contribution is 4.86. The van der Waals surface area contributed by atoms with Crippen molar-refractivity contribution in [2.24, 2.45) is 5.92 Å². The van der Waals surface area contributed by atoms with Gasteiger partial charge in [0, 0.05) is 6.61 Å². The highest BCUT2D eigenvalue weighted by Gasteiger charge is 2.42. The number of aliphatic hydroxyl groups excluding tert-OH is 3. The van der Waals surface area contributed by atoms with Gasteiger partial charge < -0.3 is 24.8 Å². The monoisotopic (exact) mass is 206 g/mol. The van der Waals surface area contributed by atoms with Gasteiger partial charge in [-0.05, 0) is 13.8 Å². The lowest BCUT2D eigenvalue weighted by atomic mass is 9.92. The molecule has 5 heteroatoms. The summed E-state index contributed by atoms with van der Waals surface area (Å²) >= 11 is 0. The Morgan fingerprint density at radius 1 is 1.29 bits per heavy atom. The summed E-state index contributed by atoms with van der Waals surface area (Å²) in [4.78, 5) is 0. The van der Waals surface area contributed by atoms with Crippen molar-refractivity contribution in [3.63, 3.8) is 0 Å². The van der Waals surface area contributed by atoms with Gasteiger partial charge in [0.2, 0.25) is 0 Å². The zero-order valence-corrected chi connectivity index (χ0v) is 8.46. The lowest BCUT2D eigenvalue weighted by Gasteiger charge is -2.40. The number of hydrogen-bond donors (Lipinski definition) is 3. The van der Waals surface area contributed by atoms with Crippen LogP contribution in [0.4, 0.5) is 0 Å². The van der Waals surface area contributed by atoms with Crippen molar-refractivity contribution in [2.75, 3.05) is 13.2 Å². The third kappa shape index (κ3) is 2.24. The van der Waals surface area contributed by atoms with Crippen LogP contribution >= 0.6 is 0 Å². The molecule has 1 heterocycles. The van der Waals surface area contributed by atoms with E-state index < -0.39 is 30.5 Å². The number of rotatable bonds is 3. The zero-order chi connectivity index (χ0) is 10.7. The Morgan fingerprint density at radius 3 is 2.43 bits per heavy atom. The van der Waals surface area contributed by atoms with Crippen LogP contribution in [-0.2, 0) is 9.47 Å². The van der Waals surface area contributed by atoms with Crippen LogP contribution in [0.25, 0.3) is 0 Å². The van der Waals surface area contributed by atoms with Gasteiger partial charge >= 0.3 is 0 Å². The molecule has 0 aromatic carbocycles. The lowest BCUT2D eigenvalue weighted by molar-refractivity contribution is -0.280. The predicted molar refractivity (Wildman–Crippen MR) is 48.6 cm³/mol. The molecule has 5 unspecified atom stereocenters. The van der Waals surface area contributed by atoms with Crippen LogP contribution in [0.1, 0.15) is 13.8 Å². The summed E-state index contributed by atoms with van der Waals surface area (Å²) in [5.41, 5.74) is 0. The Balaban J connectivity index is 2.66.